The highest BCUT2D eigenvalue weighted by Crippen LogP contribution is 2.25. The third-order valence-corrected chi connectivity index (χ3v) is 7.09. The summed E-state index contributed by atoms with van der Waals surface area (Å²) < 4.78 is 42.7. The fourth-order valence-electron chi connectivity index (χ4n) is 3.88. The van der Waals surface area contributed by atoms with Gasteiger partial charge in [0, 0.05) is 39.3 Å². The van der Waals surface area contributed by atoms with Gasteiger partial charge in [0.1, 0.15) is 5.82 Å². The predicted molar refractivity (Wildman–Crippen MR) is 97.3 cm³/mol. The van der Waals surface area contributed by atoms with Crippen LogP contribution in [0.5, 0.6) is 0 Å². The molecule has 2 aliphatic heterocycles. The number of nitrogens with zero attached hydrogens (tertiary/aromatic N) is 3. The van der Waals surface area contributed by atoms with Crippen LogP contribution in [0.3, 0.4) is 0 Å². The van der Waals surface area contributed by atoms with Crippen LogP contribution >= 0.6 is 0 Å². The zero-order valence-corrected chi connectivity index (χ0v) is 16.1. The van der Waals surface area contributed by atoms with Gasteiger partial charge in [0.25, 0.3) is 16.1 Å². The normalized spacial score (nSPS) is 26.0. The second-order valence-electron chi connectivity index (χ2n) is 7.44. The summed E-state index contributed by atoms with van der Waals surface area (Å²) in [5, 5.41) is 0. The van der Waals surface area contributed by atoms with E-state index in [0.717, 1.165) is 6.42 Å². The van der Waals surface area contributed by atoms with E-state index in [9.17, 15) is 17.6 Å². The summed E-state index contributed by atoms with van der Waals surface area (Å²) >= 11 is 0. The van der Waals surface area contributed by atoms with Crippen molar-refractivity contribution in [3.63, 3.8) is 0 Å². The SMILES string of the molecule is CC1CC(C)CN(S(=O)(=O)N2CCN(C(=O)c3ccccc3F)CC2)C1. The summed E-state index contributed by atoms with van der Waals surface area (Å²) in [6.45, 7) is 6.24. The standard InChI is InChI=1S/C18H26FN3O3S/c1-14-11-15(2)13-22(12-14)26(24,25)21-9-7-20(8-10-21)18(23)16-5-3-4-6-17(16)19/h3-6,14-15H,7-13H2,1-2H3. The maximum absolute atomic E-state index is 13.8. The van der Waals surface area contributed by atoms with Gasteiger partial charge in [-0.2, -0.15) is 17.0 Å². The van der Waals surface area contributed by atoms with Crippen LogP contribution in [-0.4, -0.2) is 67.1 Å². The second kappa shape index (κ2) is 7.62. The first-order valence-corrected chi connectivity index (χ1v) is 10.5. The van der Waals surface area contributed by atoms with Crippen molar-refractivity contribution >= 4 is 16.1 Å². The summed E-state index contributed by atoms with van der Waals surface area (Å²) in [6.07, 6.45) is 1.04. The lowest BCUT2D eigenvalue weighted by Crippen LogP contribution is -2.56. The smallest absolute Gasteiger partial charge is 0.282 e. The van der Waals surface area contributed by atoms with Gasteiger partial charge in [0.15, 0.2) is 0 Å². The molecule has 0 spiro atoms. The Hall–Kier alpha value is -1.51. The molecular weight excluding hydrogens is 357 g/mol. The lowest BCUT2D eigenvalue weighted by molar-refractivity contribution is 0.0687. The molecule has 6 nitrogen and oxygen atoms in total. The third-order valence-electron chi connectivity index (χ3n) is 5.12. The first-order valence-electron chi connectivity index (χ1n) is 9.08. The molecule has 0 bridgehead atoms. The van der Waals surface area contributed by atoms with Gasteiger partial charge in [0.05, 0.1) is 5.56 Å². The molecule has 2 aliphatic rings. The Kier molecular flexibility index (Phi) is 5.64. The molecule has 0 aliphatic carbocycles. The number of piperidine rings is 1. The molecule has 0 saturated carbocycles. The highest BCUT2D eigenvalue weighted by molar-refractivity contribution is 7.86. The van der Waals surface area contributed by atoms with Crippen LogP contribution in [-0.2, 0) is 10.2 Å². The van der Waals surface area contributed by atoms with Crippen molar-refractivity contribution in [2.45, 2.75) is 20.3 Å². The fraction of sp³-hybridized carbons (Fsp3) is 0.611. The summed E-state index contributed by atoms with van der Waals surface area (Å²) in [5.41, 5.74) is 0.0301. The Labute approximate surface area is 154 Å². The number of hydrogen-bond donors (Lipinski definition) is 0. The van der Waals surface area contributed by atoms with Crippen LogP contribution in [0.25, 0.3) is 0 Å². The van der Waals surface area contributed by atoms with Crippen LogP contribution < -0.4 is 0 Å². The van der Waals surface area contributed by atoms with E-state index in [1.165, 1.54) is 27.4 Å². The van der Waals surface area contributed by atoms with E-state index < -0.39 is 16.0 Å². The summed E-state index contributed by atoms with van der Waals surface area (Å²) in [6, 6.07) is 5.87. The molecule has 2 unspecified atom stereocenters. The number of hydrogen-bond acceptors (Lipinski definition) is 3. The summed E-state index contributed by atoms with van der Waals surface area (Å²) in [5.74, 6) is -0.251. The Morgan fingerprint density at radius 3 is 2.15 bits per heavy atom. The van der Waals surface area contributed by atoms with Gasteiger partial charge >= 0.3 is 0 Å². The van der Waals surface area contributed by atoms with E-state index in [1.807, 2.05) is 0 Å². The third kappa shape index (κ3) is 3.92. The number of rotatable bonds is 3. The molecule has 0 aromatic heterocycles. The van der Waals surface area contributed by atoms with Crippen LogP contribution in [0.15, 0.2) is 24.3 Å². The van der Waals surface area contributed by atoms with Gasteiger partial charge in [-0.15, -0.1) is 0 Å². The zero-order chi connectivity index (χ0) is 18.9. The Morgan fingerprint density at radius 1 is 1.00 bits per heavy atom. The molecule has 8 heteroatoms. The molecule has 2 fully saturated rings. The van der Waals surface area contributed by atoms with E-state index in [2.05, 4.69) is 13.8 Å². The van der Waals surface area contributed by atoms with Crippen molar-refractivity contribution < 1.29 is 17.6 Å². The molecule has 2 saturated heterocycles. The van der Waals surface area contributed by atoms with Crippen LogP contribution in [0.1, 0.15) is 30.6 Å². The molecule has 0 N–H and O–H groups in total. The van der Waals surface area contributed by atoms with Crippen molar-refractivity contribution in [2.24, 2.45) is 11.8 Å². The maximum Gasteiger partial charge on any atom is 0.282 e. The minimum atomic E-state index is -3.52. The van der Waals surface area contributed by atoms with Gasteiger partial charge < -0.3 is 4.90 Å². The summed E-state index contributed by atoms with van der Waals surface area (Å²) in [4.78, 5) is 14.0. The largest absolute Gasteiger partial charge is 0.336 e. The number of carbonyl (C=O) groups excluding carboxylic acids is 1. The molecule has 1 amide bonds. The molecule has 2 heterocycles. The molecule has 2 atom stereocenters. The number of benzene rings is 1. The highest BCUT2D eigenvalue weighted by atomic mass is 32.2. The minimum Gasteiger partial charge on any atom is -0.336 e. The van der Waals surface area contributed by atoms with Gasteiger partial charge in [-0.05, 0) is 30.4 Å². The van der Waals surface area contributed by atoms with Crippen molar-refractivity contribution in [2.75, 3.05) is 39.3 Å². The minimum absolute atomic E-state index is 0.0301. The quantitative estimate of drug-likeness (QED) is 0.800. The van der Waals surface area contributed by atoms with Crippen LogP contribution in [0.4, 0.5) is 4.39 Å². The van der Waals surface area contributed by atoms with E-state index >= 15 is 0 Å². The number of piperazine rings is 1. The molecule has 144 valence electrons. The zero-order valence-electron chi connectivity index (χ0n) is 15.3. The van der Waals surface area contributed by atoms with Crippen molar-refractivity contribution in [3.8, 4) is 0 Å². The second-order valence-corrected chi connectivity index (χ2v) is 9.37. The topological polar surface area (TPSA) is 60.9 Å². The number of halogens is 1. The van der Waals surface area contributed by atoms with Gasteiger partial charge in [-0.1, -0.05) is 26.0 Å². The van der Waals surface area contributed by atoms with Gasteiger partial charge in [0.2, 0.25) is 0 Å². The fourth-order valence-corrected chi connectivity index (χ4v) is 5.72. The first-order chi connectivity index (χ1) is 12.3. The number of carbonyl (C=O) groups is 1. The lowest BCUT2D eigenvalue weighted by Gasteiger charge is -2.40. The average molecular weight is 383 g/mol. The lowest BCUT2D eigenvalue weighted by atomic mass is 9.94. The summed E-state index contributed by atoms with van der Waals surface area (Å²) in [7, 11) is -3.52. The molecular formula is C18H26FN3O3S. The van der Waals surface area contributed by atoms with Crippen molar-refractivity contribution in [3.05, 3.63) is 35.6 Å². The molecule has 26 heavy (non-hydrogen) atoms. The first kappa shape index (κ1) is 19.3. The van der Waals surface area contributed by atoms with Crippen LogP contribution in [0.2, 0.25) is 0 Å². The Bertz CT molecular complexity index is 753. The number of amides is 1. The molecule has 0 radical (unpaired) electrons. The van der Waals surface area contributed by atoms with E-state index in [1.54, 1.807) is 10.4 Å². The molecule has 3 rings (SSSR count). The van der Waals surface area contributed by atoms with E-state index in [4.69, 9.17) is 0 Å². The van der Waals surface area contributed by atoms with Crippen molar-refractivity contribution in [1.29, 1.82) is 0 Å². The molecule has 1 aromatic carbocycles. The van der Waals surface area contributed by atoms with E-state index in [0.29, 0.717) is 24.9 Å². The van der Waals surface area contributed by atoms with Gasteiger partial charge in [-0.3, -0.25) is 4.79 Å². The average Bonchev–Trinajstić information content (AvgIpc) is 2.61. The molecule has 1 aromatic rings. The van der Waals surface area contributed by atoms with E-state index in [-0.39, 0.29) is 37.6 Å². The van der Waals surface area contributed by atoms with Crippen LogP contribution in [0, 0.1) is 17.7 Å². The predicted octanol–water partition coefficient (Wildman–Crippen LogP) is 1.81. The Morgan fingerprint density at radius 2 is 1.58 bits per heavy atom. The van der Waals surface area contributed by atoms with Gasteiger partial charge in [-0.25, -0.2) is 4.39 Å². The monoisotopic (exact) mass is 383 g/mol. The Balaban J connectivity index is 1.64. The highest BCUT2D eigenvalue weighted by Gasteiger charge is 2.37. The maximum atomic E-state index is 13.8. The van der Waals surface area contributed by atoms with Crippen molar-refractivity contribution in [1.82, 2.24) is 13.5 Å².